The summed E-state index contributed by atoms with van der Waals surface area (Å²) in [4.78, 5) is 7.40. The fourth-order valence-corrected chi connectivity index (χ4v) is 3.08. The SMILES string of the molecule is CCNCc1cc(S(=O)(=O)N(C)Cc2ccccn2)c[nH]1. The molecule has 0 radical (unpaired) electrons. The van der Waals surface area contributed by atoms with Crippen LogP contribution in [0, 0.1) is 0 Å². The minimum absolute atomic E-state index is 0.247. The van der Waals surface area contributed by atoms with Gasteiger partial charge in [-0.2, -0.15) is 4.31 Å². The highest BCUT2D eigenvalue weighted by Crippen LogP contribution is 2.17. The van der Waals surface area contributed by atoms with Crippen LogP contribution in [0.1, 0.15) is 18.3 Å². The molecule has 0 aliphatic heterocycles. The Hall–Kier alpha value is -1.70. The summed E-state index contributed by atoms with van der Waals surface area (Å²) in [6.45, 7) is 3.70. The van der Waals surface area contributed by atoms with Gasteiger partial charge in [0, 0.05) is 31.7 Å². The summed E-state index contributed by atoms with van der Waals surface area (Å²) < 4.78 is 26.3. The van der Waals surface area contributed by atoms with E-state index in [9.17, 15) is 8.42 Å². The molecule has 7 heteroatoms. The molecule has 0 bridgehead atoms. The average molecular weight is 308 g/mol. The zero-order valence-electron chi connectivity index (χ0n) is 12.2. The highest BCUT2D eigenvalue weighted by Gasteiger charge is 2.22. The third kappa shape index (κ3) is 3.90. The molecule has 2 aromatic rings. The first kappa shape index (κ1) is 15.7. The van der Waals surface area contributed by atoms with E-state index in [0.29, 0.717) is 12.2 Å². The molecule has 0 aliphatic rings. The first-order valence-corrected chi connectivity index (χ1v) is 8.22. The Bertz CT molecular complexity index is 667. The van der Waals surface area contributed by atoms with E-state index in [2.05, 4.69) is 15.3 Å². The molecule has 0 aromatic carbocycles. The molecule has 2 aromatic heterocycles. The third-order valence-electron chi connectivity index (χ3n) is 3.10. The van der Waals surface area contributed by atoms with Crippen molar-refractivity contribution in [1.29, 1.82) is 0 Å². The zero-order valence-corrected chi connectivity index (χ0v) is 13.0. The highest BCUT2D eigenvalue weighted by atomic mass is 32.2. The van der Waals surface area contributed by atoms with Gasteiger partial charge in [-0.05, 0) is 24.7 Å². The maximum atomic E-state index is 12.5. The number of aromatic amines is 1. The Balaban J connectivity index is 2.11. The molecular weight excluding hydrogens is 288 g/mol. The summed E-state index contributed by atoms with van der Waals surface area (Å²) in [7, 11) is -1.95. The van der Waals surface area contributed by atoms with Crippen molar-refractivity contribution in [2.75, 3.05) is 13.6 Å². The molecule has 0 spiro atoms. The van der Waals surface area contributed by atoms with Crippen LogP contribution in [0.15, 0.2) is 41.6 Å². The van der Waals surface area contributed by atoms with Gasteiger partial charge in [0.1, 0.15) is 0 Å². The van der Waals surface area contributed by atoms with Crippen molar-refractivity contribution in [2.24, 2.45) is 0 Å². The van der Waals surface area contributed by atoms with Crippen molar-refractivity contribution in [1.82, 2.24) is 19.6 Å². The van der Waals surface area contributed by atoms with Crippen LogP contribution in [-0.2, 0) is 23.1 Å². The minimum Gasteiger partial charge on any atom is -0.363 e. The van der Waals surface area contributed by atoms with Gasteiger partial charge in [0.15, 0.2) is 0 Å². The molecule has 0 amide bonds. The van der Waals surface area contributed by atoms with Gasteiger partial charge < -0.3 is 10.3 Å². The van der Waals surface area contributed by atoms with Gasteiger partial charge in [0.25, 0.3) is 0 Å². The molecule has 114 valence electrons. The van der Waals surface area contributed by atoms with E-state index < -0.39 is 10.0 Å². The fraction of sp³-hybridized carbons (Fsp3) is 0.357. The number of rotatable bonds is 7. The van der Waals surface area contributed by atoms with Gasteiger partial charge in [-0.15, -0.1) is 0 Å². The Morgan fingerprint density at radius 3 is 2.86 bits per heavy atom. The second kappa shape index (κ2) is 6.84. The molecule has 6 nitrogen and oxygen atoms in total. The predicted octanol–water partition coefficient (Wildman–Crippen LogP) is 1.34. The first-order chi connectivity index (χ1) is 10.0. The molecule has 0 saturated carbocycles. The van der Waals surface area contributed by atoms with Crippen molar-refractivity contribution >= 4 is 10.0 Å². The largest absolute Gasteiger partial charge is 0.363 e. The predicted molar refractivity (Wildman–Crippen MR) is 81.1 cm³/mol. The molecule has 2 N–H and O–H groups in total. The molecular formula is C14H20N4O2S. The monoisotopic (exact) mass is 308 g/mol. The number of hydrogen-bond donors (Lipinski definition) is 2. The van der Waals surface area contributed by atoms with Crippen molar-refractivity contribution in [3.05, 3.63) is 48.0 Å². The van der Waals surface area contributed by atoms with Crippen LogP contribution < -0.4 is 5.32 Å². The van der Waals surface area contributed by atoms with Gasteiger partial charge in [0.2, 0.25) is 10.0 Å². The van der Waals surface area contributed by atoms with Crippen LogP contribution in [0.25, 0.3) is 0 Å². The standard InChI is InChI=1S/C14H20N4O2S/c1-3-15-9-13-8-14(10-17-13)21(19,20)18(2)11-12-6-4-5-7-16-12/h4-8,10,15,17H,3,9,11H2,1-2H3. The summed E-state index contributed by atoms with van der Waals surface area (Å²) in [6, 6.07) is 7.11. The molecule has 0 atom stereocenters. The summed E-state index contributed by atoms with van der Waals surface area (Å²) in [6.07, 6.45) is 3.18. The third-order valence-corrected chi connectivity index (χ3v) is 4.88. The van der Waals surface area contributed by atoms with E-state index in [-0.39, 0.29) is 11.4 Å². The van der Waals surface area contributed by atoms with Crippen LogP contribution in [-0.4, -0.2) is 36.3 Å². The number of nitrogens with zero attached hydrogens (tertiary/aromatic N) is 2. The van der Waals surface area contributed by atoms with Crippen molar-refractivity contribution in [2.45, 2.75) is 24.9 Å². The van der Waals surface area contributed by atoms with Crippen LogP contribution in [0.3, 0.4) is 0 Å². The van der Waals surface area contributed by atoms with Gasteiger partial charge in [-0.3, -0.25) is 4.98 Å². The lowest BCUT2D eigenvalue weighted by molar-refractivity contribution is 0.462. The Labute approximate surface area is 125 Å². The van der Waals surface area contributed by atoms with E-state index >= 15 is 0 Å². The smallest absolute Gasteiger partial charge is 0.244 e. The van der Waals surface area contributed by atoms with Crippen LogP contribution in [0.4, 0.5) is 0 Å². The van der Waals surface area contributed by atoms with E-state index in [1.807, 2.05) is 13.0 Å². The molecule has 2 heterocycles. The number of hydrogen-bond acceptors (Lipinski definition) is 4. The number of aromatic nitrogens is 2. The number of nitrogens with one attached hydrogen (secondary N) is 2. The van der Waals surface area contributed by atoms with Crippen molar-refractivity contribution < 1.29 is 8.42 Å². The Kier molecular flexibility index (Phi) is 5.11. The van der Waals surface area contributed by atoms with Crippen molar-refractivity contribution in [3.63, 3.8) is 0 Å². The number of pyridine rings is 1. The molecule has 0 unspecified atom stereocenters. The Morgan fingerprint density at radius 2 is 2.19 bits per heavy atom. The number of H-pyrrole nitrogens is 1. The van der Waals surface area contributed by atoms with Gasteiger partial charge in [-0.25, -0.2) is 8.42 Å². The van der Waals surface area contributed by atoms with Gasteiger partial charge in [0.05, 0.1) is 17.1 Å². The summed E-state index contributed by atoms with van der Waals surface area (Å²) in [5.74, 6) is 0. The normalized spacial score (nSPS) is 12.0. The molecule has 2 rings (SSSR count). The van der Waals surface area contributed by atoms with E-state index in [0.717, 1.165) is 12.2 Å². The summed E-state index contributed by atoms with van der Waals surface area (Å²) in [5.41, 5.74) is 1.56. The maximum Gasteiger partial charge on any atom is 0.244 e. The lowest BCUT2D eigenvalue weighted by Crippen LogP contribution is -2.26. The highest BCUT2D eigenvalue weighted by molar-refractivity contribution is 7.89. The van der Waals surface area contributed by atoms with E-state index in [4.69, 9.17) is 0 Å². The first-order valence-electron chi connectivity index (χ1n) is 6.78. The average Bonchev–Trinajstić information content (AvgIpc) is 2.95. The van der Waals surface area contributed by atoms with E-state index in [1.165, 1.54) is 10.5 Å². The molecule has 0 fully saturated rings. The van der Waals surface area contributed by atoms with Crippen molar-refractivity contribution in [3.8, 4) is 0 Å². The lowest BCUT2D eigenvalue weighted by Gasteiger charge is -2.15. The summed E-state index contributed by atoms with van der Waals surface area (Å²) in [5, 5.41) is 3.15. The second-order valence-corrected chi connectivity index (χ2v) is 6.77. The minimum atomic E-state index is -3.51. The summed E-state index contributed by atoms with van der Waals surface area (Å²) >= 11 is 0. The lowest BCUT2D eigenvalue weighted by atomic mass is 10.3. The second-order valence-electron chi connectivity index (χ2n) is 4.72. The zero-order chi connectivity index (χ0) is 15.3. The topological polar surface area (TPSA) is 78.1 Å². The van der Waals surface area contributed by atoms with Crippen LogP contribution in [0.2, 0.25) is 0 Å². The van der Waals surface area contributed by atoms with Gasteiger partial charge in [-0.1, -0.05) is 13.0 Å². The van der Waals surface area contributed by atoms with Crippen LogP contribution >= 0.6 is 0 Å². The van der Waals surface area contributed by atoms with Crippen LogP contribution in [0.5, 0.6) is 0 Å². The molecule has 0 saturated heterocycles. The van der Waals surface area contributed by atoms with E-state index in [1.54, 1.807) is 31.4 Å². The van der Waals surface area contributed by atoms with Gasteiger partial charge >= 0.3 is 0 Å². The fourth-order valence-electron chi connectivity index (χ4n) is 1.91. The Morgan fingerprint density at radius 1 is 1.38 bits per heavy atom. The maximum absolute atomic E-state index is 12.5. The molecule has 21 heavy (non-hydrogen) atoms. The molecule has 0 aliphatic carbocycles. The quantitative estimate of drug-likeness (QED) is 0.809. The number of sulfonamides is 1.